The number of oxazole rings is 1. The van der Waals surface area contributed by atoms with E-state index < -0.39 is 0 Å². The second-order valence-electron chi connectivity index (χ2n) is 7.24. The minimum Gasteiger partial charge on any atom is -0.440 e. The summed E-state index contributed by atoms with van der Waals surface area (Å²) in [4.78, 5) is 22.5. The highest BCUT2D eigenvalue weighted by atomic mass is 16.5. The van der Waals surface area contributed by atoms with Crippen molar-refractivity contribution >= 4 is 11.7 Å². The minimum absolute atomic E-state index is 0.121. The van der Waals surface area contributed by atoms with Crippen LogP contribution >= 0.6 is 0 Å². The van der Waals surface area contributed by atoms with E-state index in [0.29, 0.717) is 50.1 Å². The normalized spacial score (nSPS) is 14.0. The molecule has 29 heavy (non-hydrogen) atoms. The third kappa shape index (κ3) is 4.38. The van der Waals surface area contributed by atoms with Crippen LogP contribution in [-0.4, -0.2) is 29.0 Å². The molecule has 1 fully saturated rings. The van der Waals surface area contributed by atoms with Gasteiger partial charge in [-0.25, -0.2) is 9.97 Å². The number of nitrogens with zero attached hydrogens (tertiary/aromatic N) is 3. The molecule has 1 aromatic carbocycles. The van der Waals surface area contributed by atoms with Gasteiger partial charge in [0.15, 0.2) is 11.7 Å². The number of carbonyl (C=O) groups excluding carboxylic acids is 1. The molecule has 3 heterocycles. The number of ether oxygens (including phenoxy) is 1. The molecule has 1 saturated heterocycles. The molecule has 2 aromatic heterocycles. The smallest absolute Gasteiger partial charge is 0.228 e. The highest BCUT2D eigenvalue weighted by Gasteiger charge is 2.23. The third-order valence-electron chi connectivity index (χ3n) is 5.16. The molecule has 0 N–H and O–H groups in total. The van der Waals surface area contributed by atoms with E-state index in [1.54, 1.807) is 17.3 Å². The number of aromatic nitrogens is 2. The maximum Gasteiger partial charge on any atom is 0.228 e. The number of pyridine rings is 1. The van der Waals surface area contributed by atoms with Crippen molar-refractivity contribution in [2.24, 2.45) is 0 Å². The van der Waals surface area contributed by atoms with Crippen LogP contribution in [0.3, 0.4) is 0 Å². The zero-order chi connectivity index (χ0) is 20.2. The van der Waals surface area contributed by atoms with Crippen molar-refractivity contribution < 1.29 is 13.9 Å². The lowest BCUT2D eigenvalue weighted by molar-refractivity contribution is -0.117. The van der Waals surface area contributed by atoms with Crippen LogP contribution in [0.15, 0.2) is 47.1 Å². The average molecular weight is 391 g/mol. The SMILES string of the molecule is CCOCc1ccc(C)c(Cc2ncc(-c3ccnc(N4CCCC4=O)c3)o2)c1. The molecule has 1 amide bonds. The summed E-state index contributed by atoms with van der Waals surface area (Å²) in [5.41, 5.74) is 4.39. The fourth-order valence-corrected chi connectivity index (χ4v) is 3.52. The van der Waals surface area contributed by atoms with Gasteiger partial charge in [0, 0.05) is 37.8 Å². The summed E-state index contributed by atoms with van der Waals surface area (Å²) in [7, 11) is 0. The van der Waals surface area contributed by atoms with Crippen LogP contribution in [0.4, 0.5) is 5.82 Å². The van der Waals surface area contributed by atoms with E-state index in [1.165, 1.54) is 11.1 Å². The Morgan fingerprint density at radius 3 is 2.90 bits per heavy atom. The molecule has 0 radical (unpaired) electrons. The lowest BCUT2D eigenvalue weighted by Gasteiger charge is -2.14. The zero-order valence-electron chi connectivity index (χ0n) is 16.9. The molecule has 0 unspecified atom stereocenters. The Balaban J connectivity index is 1.53. The van der Waals surface area contributed by atoms with Gasteiger partial charge in [0.1, 0.15) is 5.82 Å². The second-order valence-corrected chi connectivity index (χ2v) is 7.24. The van der Waals surface area contributed by atoms with Crippen LogP contribution in [0.2, 0.25) is 0 Å². The van der Waals surface area contributed by atoms with Crippen molar-refractivity contribution in [1.29, 1.82) is 0 Å². The lowest BCUT2D eigenvalue weighted by atomic mass is 10.0. The molecule has 0 saturated carbocycles. The summed E-state index contributed by atoms with van der Waals surface area (Å²) in [6.07, 6.45) is 5.52. The third-order valence-corrected chi connectivity index (χ3v) is 5.16. The summed E-state index contributed by atoms with van der Waals surface area (Å²) < 4.78 is 11.5. The molecule has 0 spiro atoms. The summed E-state index contributed by atoms with van der Waals surface area (Å²) in [5.74, 6) is 2.13. The van der Waals surface area contributed by atoms with Crippen LogP contribution in [-0.2, 0) is 22.6 Å². The fraction of sp³-hybridized carbons (Fsp3) is 0.348. The van der Waals surface area contributed by atoms with Crippen molar-refractivity contribution in [1.82, 2.24) is 9.97 Å². The molecule has 1 aliphatic rings. The van der Waals surface area contributed by atoms with Crippen molar-refractivity contribution in [2.45, 2.75) is 39.7 Å². The first-order chi connectivity index (χ1) is 14.1. The monoisotopic (exact) mass is 391 g/mol. The molecular formula is C23H25N3O3. The van der Waals surface area contributed by atoms with Gasteiger partial charge in [-0.3, -0.25) is 9.69 Å². The predicted octanol–water partition coefficient (Wildman–Crippen LogP) is 4.30. The Morgan fingerprint density at radius 2 is 2.10 bits per heavy atom. The molecular weight excluding hydrogens is 366 g/mol. The molecule has 6 heteroatoms. The summed E-state index contributed by atoms with van der Waals surface area (Å²) in [6.45, 7) is 6.10. The number of hydrogen-bond donors (Lipinski definition) is 0. The molecule has 6 nitrogen and oxygen atoms in total. The average Bonchev–Trinajstić information content (AvgIpc) is 3.38. The van der Waals surface area contributed by atoms with Crippen molar-refractivity contribution in [3.63, 3.8) is 0 Å². The van der Waals surface area contributed by atoms with Crippen LogP contribution in [0.25, 0.3) is 11.3 Å². The van der Waals surface area contributed by atoms with E-state index >= 15 is 0 Å². The highest BCUT2D eigenvalue weighted by molar-refractivity contribution is 5.94. The molecule has 0 atom stereocenters. The number of hydrogen-bond acceptors (Lipinski definition) is 5. The van der Waals surface area contributed by atoms with Gasteiger partial charge in [0.25, 0.3) is 0 Å². The van der Waals surface area contributed by atoms with E-state index in [1.807, 2.05) is 19.1 Å². The zero-order valence-corrected chi connectivity index (χ0v) is 16.9. The number of carbonyl (C=O) groups is 1. The Morgan fingerprint density at radius 1 is 1.21 bits per heavy atom. The van der Waals surface area contributed by atoms with Gasteiger partial charge in [-0.15, -0.1) is 0 Å². The second kappa shape index (κ2) is 8.57. The number of anilines is 1. The van der Waals surface area contributed by atoms with E-state index in [0.717, 1.165) is 17.5 Å². The van der Waals surface area contributed by atoms with Gasteiger partial charge in [-0.2, -0.15) is 0 Å². The van der Waals surface area contributed by atoms with Gasteiger partial charge in [0.2, 0.25) is 5.91 Å². The molecule has 1 aliphatic heterocycles. The van der Waals surface area contributed by atoms with Gasteiger partial charge >= 0.3 is 0 Å². The summed E-state index contributed by atoms with van der Waals surface area (Å²) in [6, 6.07) is 10.1. The topological polar surface area (TPSA) is 68.5 Å². The molecule has 4 rings (SSSR count). The van der Waals surface area contributed by atoms with Gasteiger partial charge in [0.05, 0.1) is 12.8 Å². The molecule has 0 aliphatic carbocycles. The van der Waals surface area contributed by atoms with Crippen LogP contribution in [0, 0.1) is 6.92 Å². The van der Waals surface area contributed by atoms with Gasteiger partial charge in [-0.1, -0.05) is 18.2 Å². The van der Waals surface area contributed by atoms with Crippen LogP contribution < -0.4 is 4.90 Å². The van der Waals surface area contributed by atoms with Crippen molar-refractivity contribution in [3.8, 4) is 11.3 Å². The molecule has 3 aromatic rings. The van der Waals surface area contributed by atoms with E-state index in [9.17, 15) is 4.79 Å². The molecule has 150 valence electrons. The van der Waals surface area contributed by atoms with E-state index in [4.69, 9.17) is 9.15 Å². The number of amides is 1. The molecule has 0 bridgehead atoms. The summed E-state index contributed by atoms with van der Waals surface area (Å²) in [5, 5.41) is 0. The predicted molar refractivity (Wildman–Crippen MR) is 111 cm³/mol. The van der Waals surface area contributed by atoms with Crippen molar-refractivity contribution in [3.05, 3.63) is 65.3 Å². The van der Waals surface area contributed by atoms with E-state index in [-0.39, 0.29) is 5.91 Å². The van der Waals surface area contributed by atoms with Crippen molar-refractivity contribution in [2.75, 3.05) is 18.1 Å². The van der Waals surface area contributed by atoms with E-state index in [2.05, 4.69) is 35.1 Å². The Labute approximate surface area is 170 Å². The highest BCUT2D eigenvalue weighted by Crippen LogP contribution is 2.27. The van der Waals surface area contributed by atoms with Gasteiger partial charge in [-0.05, 0) is 49.1 Å². The quantitative estimate of drug-likeness (QED) is 0.601. The largest absolute Gasteiger partial charge is 0.440 e. The maximum absolute atomic E-state index is 12.0. The maximum atomic E-state index is 12.0. The minimum atomic E-state index is 0.121. The standard InChI is InChI=1S/C23H25N3O3/c1-3-28-15-17-7-6-16(2)19(11-17)13-22-25-14-20(29-22)18-8-9-24-21(12-18)26-10-4-5-23(26)27/h6-9,11-12,14H,3-5,10,13,15H2,1-2H3. The first kappa shape index (κ1) is 19.3. The number of aryl methyl sites for hydroxylation is 1. The Bertz CT molecular complexity index is 1010. The Hall–Kier alpha value is -2.99. The summed E-state index contributed by atoms with van der Waals surface area (Å²) >= 11 is 0. The van der Waals surface area contributed by atoms with Gasteiger partial charge < -0.3 is 9.15 Å². The first-order valence-corrected chi connectivity index (χ1v) is 10.0. The van der Waals surface area contributed by atoms with Crippen LogP contribution in [0.1, 0.15) is 42.3 Å². The first-order valence-electron chi connectivity index (χ1n) is 10.0. The number of benzene rings is 1. The fourth-order valence-electron chi connectivity index (χ4n) is 3.52. The van der Waals surface area contributed by atoms with Crippen LogP contribution in [0.5, 0.6) is 0 Å². The lowest BCUT2D eigenvalue weighted by Crippen LogP contribution is -2.24. The Kier molecular flexibility index (Phi) is 5.71. The number of rotatable bonds is 7.